The van der Waals surface area contributed by atoms with E-state index in [1.807, 2.05) is 0 Å². The second-order valence-electron chi connectivity index (χ2n) is 6.74. The molecule has 2 aromatic heterocycles. The van der Waals surface area contributed by atoms with E-state index in [1.165, 1.54) is 24.4 Å². The molecule has 0 aliphatic carbocycles. The first-order valence-corrected chi connectivity index (χ1v) is 9.37. The largest absolute Gasteiger partial charge is 0.573 e. The summed E-state index contributed by atoms with van der Waals surface area (Å²) >= 11 is 0. The van der Waals surface area contributed by atoms with E-state index in [0.29, 0.717) is 11.2 Å². The fraction of sp³-hybridized carbons (Fsp3) is 0.136. The van der Waals surface area contributed by atoms with Crippen molar-refractivity contribution >= 4 is 17.0 Å². The lowest BCUT2D eigenvalue weighted by Gasteiger charge is -2.19. The summed E-state index contributed by atoms with van der Waals surface area (Å²) in [5, 5.41) is 2.67. The molecule has 3 rings (SSSR count). The number of rotatable bonds is 7. The highest BCUT2D eigenvalue weighted by molar-refractivity contribution is 5.97. The smallest absolute Gasteiger partial charge is 0.408 e. The number of amides is 1. The summed E-state index contributed by atoms with van der Waals surface area (Å²) < 4.78 is 59.6. The zero-order valence-corrected chi connectivity index (χ0v) is 17.1. The summed E-state index contributed by atoms with van der Waals surface area (Å²) in [6.45, 7) is 4.58. The summed E-state index contributed by atoms with van der Waals surface area (Å²) in [6, 6.07) is 8.14. The van der Waals surface area contributed by atoms with E-state index < -0.39 is 35.7 Å². The molecule has 2 N–H and O–H groups in total. The minimum atomic E-state index is -5.09. The SMILES string of the molecule is C=C(/C=C\C(OC(F)(F)F)=C(/C)F)[C@H](NC(=O)c1ccc2[nH]c(=O)oc2c1)c1ccccn1. The molecular weight excluding hydrogens is 446 g/mol. The van der Waals surface area contributed by atoms with E-state index in [0.717, 1.165) is 19.1 Å². The predicted octanol–water partition coefficient (Wildman–Crippen LogP) is 4.84. The van der Waals surface area contributed by atoms with Gasteiger partial charge < -0.3 is 14.5 Å². The molecule has 3 aromatic rings. The molecule has 0 aliphatic heterocycles. The molecule has 1 atom stereocenters. The Balaban J connectivity index is 1.88. The van der Waals surface area contributed by atoms with Crippen LogP contribution in [0.25, 0.3) is 11.1 Å². The highest BCUT2D eigenvalue weighted by atomic mass is 19.4. The quantitative estimate of drug-likeness (QED) is 0.297. The first-order valence-electron chi connectivity index (χ1n) is 9.37. The fourth-order valence-corrected chi connectivity index (χ4v) is 2.83. The number of oxazole rings is 1. The van der Waals surface area contributed by atoms with Gasteiger partial charge in [0.25, 0.3) is 5.91 Å². The second-order valence-corrected chi connectivity index (χ2v) is 6.74. The number of ether oxygens (including phenoxy) is 1. The van der Waals surface area contributed by atoms with Crippen molar-refractivity contribution in [1.29, 1.82) is 0 Å². The highest BCUT2D eigenvalue weighted by Gasteiger charge is 2.32. The number of H-pyrrole nitrogens is 1. The molecule has 7 nitrogen and oxygen atoms in total. The first kappa shape index (κ1) is 23.5. The minimum absolute atomic E-state index is 0.0980. The average Bonchev–Trinajstić information content (AvgIpc) is 3.13. The molecule has 33 heavy (non-hydrogen) atoms. The van der Waals surface area contributed by atoms with Crippen molar-refractivity contribution in [3.8, 4) is 0 Å². The molecule has 2 heterocycles. The zero-order valence-electron chi connectivity index (χ0n) is 17.1. The molecule has 1 amide bonds. The number of allylic oxidation sites excluding steroid dienone is 2. The van der Waals surface area contributed by atoms with Crippen LogP contribution in [-0.2, 0) is 4.74 Å². The Morgan fingerprint density at radius 3 is 2.67 bits per heavy atom. The van der Waals surface area contributed by atoms with Gasteiger partial charge in [-0.3, -0.25) is 14.8 Å². The first-order chi connectivity index (χ1) is 15.5. The topological polar surface area (TPSA) is 97.2 Å². The molecule has 0 saturated heterocycles. The van der Waals surface area contributed by atoms with Crippen LogP contribution in [0.3, 0.4) is 0 Å². The summed E-state index contributed by atoms with van der Waals surface area (Å²) in [7, 11) is 0. The third kappa shape index (κ3) is 6.19. The van der Waals surface area contributed by atoms with E-state index in [9.17, 15) is 27.2 Å². The van der Waals surface area contributed by atoms with Crippen molar-refractivity contribution in [2.75, 3.05) is 0 Å². The van der Waals surface area contributed by atoms with Gasteiger partial charge in [0, 0.05) is 11.8 Å². The van der Waals surface area contributed by atoms with E-state index in [1.54, 1.807) is 18.2 Å². The Morgan fingerprint density at radius 2 is 2.03 bits per heavy atom. The van der Waals surface area contributed by atoms with Crippen molar-refractivity contribution in [2.45, 2.75) is 19.3 Å². The number of hydrogen-bond acceptors (Lipinski definition) is 5. The van der Waals surface area contributed by atoms with Crippen LogP contribution in [-0.4, -0.2) is 22.2 Å². The van der Waals surface area contributed by atoms with E-state index in [-0.39, 0.29) is 16.7 Å². The number of halogens is 4. The van der Waals surface area contributed by atoms with Gasteiger partial charge in [-0.25, -0.2) is 9.18 Å². The maximum absolute atomic E-state index is 13.5. The van der Waals surface area contributed by atoms with E-state index >= 15 is 0 Å². The number of pyridine rings is 1. The molecule has 0 fully saturated rings. The lowest BCUT2D eigenvalue weighted by atomic mass is 10.0. The van der Waals surface area contributed by atoms with Gasteiger partial charge in [0.05, 0.1) is 17.3 Å². The van der Waals surface area contributed by atoms with Gasteiger partial charge in [-0.2, -0.15) is 0 Å². The van der Waals surface area contributed by atoms with Gasteiger partial charge >= 0.3 is 12.1 Å². The van der Waals surface area contributed by atoms with Crippen molar-refractivity contribution in [1.82, 2.24) is 15.3 Å². The molecule has 172 valence electrons. The van der Waals surface area contributed by atoms with Crippen molar-refractivity contribution < 1.29 is 31.5 Å². The maximum atomic E-state index is 13.5. The normalized spacial score (nSPS) is 13.6. The summed E-state index contributed by atoms with van der Waals surface area (Å²) in [5.41, 5.74) is 1.13. The Hall–Kier alpha value is -4.15. The number of aromatic nitrogens is 2. The number of fused-ring (bicyclic) bond motifs is 1. The van der Waals surface area contributed by atoms with Crippen LogP contribution in [0.5, 0.6) is 0 Å². The molecule has 0 saturated carbocycles. The third-order valence-corrected chi connectivity index (χ3v) is 4.33. The van der Waals surface area contributed by atoms with Crippen LogP contribution < -0.4 is 11.1 Å². The lowest BCUT2D eigenvalue weighted by Crippen LogP contribution is -2.30. The van der Waals surface area contributed by atoms with Gasteiger partial charge in [0.15, 0.2) is 11.3 Å². The summed E-state index contributed by atoms with van der Waals surface area (Å²) in [4.78, 5) is 30.8. The van der Waals surface area contributed by atoms with E-state index in [4.69, 9.17) is 4.42 Å². The zero-order chi connectivity index (χ0) is 24.2. The number of aromatic amines is 1. The number of hydrogen-bond donors (Lipinski definition) is 2. The van der Waals surface area contributed by atoms with Gasteiger partial charge in [-0.1, -0.05) is 18.7 Å². The van der Waals surface area contributed by atoms with Crippen LogP contribution >= 0.6 is 0 Å². The number of nitrogens with one attached hydrogen (secondary N) is 2. The Kier molecular flexibility index (Phi) is 6.80. The Bertz CT molecular complexity index is 1290. The molecule has 1 aromatic carbocycles. The molecule has 11 heteroatoms. The van der Waals surface area contributed by atoms with Crippen LogP contribution in [0.4, 0.5) is 17.6 Å². The molecule has 0 radical (unpaired) electrons. The second kappa shape index (κ2) is 9.55. The molecule has 0 aliphatic rings. The van der Waals surface area contributed by atoms with Crippen LogP contribution in [0.15, 0.2) is 87.7 Å². The standard InChI is InChI=1S/C22H17F4N3O4/c1-12(6-9-17(13(2)23)33-22(24,25)26)19(16-5-3-4-10-27-16)29-20(30)14-7-8-15-18(11-14)32-21(31)28-15/h3-11,19H,1H2,2H3,(H,28,31)(H,29,30)/b9-6-,17-13-/t19-/m0/s1. The predicted molar refractivity (Wildman–Crippen MR) is 111 cm³/mol. The van der Waals surface area contributed by atoms with Crippen LogP contribution in [0.1, 0.15) is 29.0 Å². The molecule has 0 spiro atoms. The number of nitrogens with zero attached hydrogens (tertiary/aromatic N) is 1. The number of carbonyl (C=O) groups excluding carboxylic acids is 1. The maximum Gasteiger partial charge on any atom is 0.573 e. The molecular formula is C22H17F4N3O4. The average molecular weight is 463 g/mol. The third-order valence-electron chi connectivity index (χ3n) is 4.33. The van der Waals surface area contributed by atoms with Crippen molar-refractivity contribution in [2.24, 2.45) is 0 Å². The van der Waals surface area contributed by atoms with Gasteiger partial charge in [0.2, 0.25) is 0 Å². The molecule has 0 bridgehead atoms. The number of benzene rings is 1. The fourth-order valence-electron chi connectivity index (χ4n) is 2.83. The van der Waals surface area contributed by atoms with Crippen molar-refractivity contribution in [3.63, 3.8) is 0 Å². The number of carbonyl (C=O) groups is 1. The van der Waals surface area contributed by atoms with Gasteiger partial charge in [-0.05, 0) is 48.9 Å². The van der Waals surface area contributed by atoms with Crippen LogP contribution in [0, 0.1) is 0 Å². The Morgan fingerprint density at radius 1 is 1.27 bits per heavy atom. The van der Waals surface area contributed by atoms with Gasteiger partial charge in [0.1, 0.15) is 5.83 Å². The van der Waals surface area contributed by atoms with Crippen LogP contribution in [0.2, 0.25) is 0 Å². The highest BCUT2D eigenvalue weighted by Crippen LogP contribution is 2.26. The number of alkyl halides is 3. The Labute approximate surface area is 184 Å². The minimum Gasteiger partial charge on any atom is -0.408 e. The summed E-state index contributed by atoms with van der Waals surface area (Å²) in [5.74, 6) is -3.53. The monoisotopic (exact) mass is 463 g/mol. The van der Waals surface area contributed by atoms with Crippen molar-refractivity contribution in [3.05, 3.63) is 100 Å². The van der Waals surface area contributed by atoms with Gasteiger partial charge in [-0.15, -0.1) is 13.2 Å². The lowest BCUT2D eigenvalue weighted by molar-refractivity contribution is -0.304. The van der Waals surface area contributed by atoms with E-state index in [2.05, 4.69) is 26.6 Å². The summed E-state index contributed by atoms with van der Waals surface area (Å²) in [6.07, 6.45) is -1.80. The molecule has 0 unspecified atom stereocenters.